The molecule has 15 heavy (non-hydrogen) atoms. The number of nitrogens with zero attached hydrogens (tertiary/aromatic N) is 2. The lowest BCUT2D eigenvalue weighted by Gasteiger charge is -2.03. The van der Waals surface area contributed by atoms with Gasteiger partial charge in [0.05, 0.1) is 16.7 Å². The maximum atomic E-state index is 10.8. The van der Waals surface area contributed by atoms with Crippen LogP contribution in [0.5, 0.6) is 0 Å². The van der Waals surface area contributed by atoms with Crippen LogP contribution in [0.15, 0.2) is 30.6 Å². The summed E-state index contributed by atoms with van der Waals surface area (Å²) in [5.74, 6) is 0. The monoisotopic (exact) mass is 224 g/mol. The molecule has 6 nitrogen and oxygen atoms in total. The fourth-order valence-electron chi connectivity index (χ4n) is 1.19. The van der Waals surface area contributed by atoms with E-state index < -0.39 is 10.2 Å². The molecule has 78 valence electrons. The van der Waals surface area contributed by atoms with Crippen molar-refractivity contribution in [2.45, 2.75) is 0 Å². The van der Waals surface area contributed by atoms with Gasteiger partial charge >= 0.3 is 0 Å². The summed E-state index contributed by atoms with van der Waals surface area (Å²) in [4.78, 5) is 8.08. The molecule has 0 spiro atoms. The molecule has 0 saturated carbocycles. The van der Waals surface area contributed by atoms with Crippen molar-refractivity contribution in [2.24, 2.45) is 5.14 Å². The maximum Gasteiger partial charge on any atom is 0.296 e. The van der Waals surface area contributed by atoms with E-state index in [9.17, 15) is 8.42 Å². The number of benzene rings is 1. The molecule has 0 aliphatic heterocycles. The largest absolute Gasteiger partial charge is 0.296 e. The van der Waals surface area contributed by atoms with Gasteiger partial charge in [-0.3, -0.25) is 14.7 Å². The molecule has 0 amide bonds. The van der Waals surface area contributed by atoms with E-state index in [1.807, 2.05) is 0 Å². The summed E-state index contributed by atoms with van der Waals surface area (Å²) in [6.45, 7) is 0. The van der Waals surface area contributed by atoms with E-state index in [2.05, 4.69) is 14.7 Å². The van der Waals surface area contributed by atoms with Crippen LogP contribution >= 0.6 is 0 Å². The molecular formula is C8H8N4O2S. The number of nitrogens with two attached hydrogens (primary N) is 1. The van der Waals surface area contributed by atoms with Crippen molar-refractivity contribution in [2.75, 3.05) is 4.72 Å². The topological polar surface area (TPSA) is 98.0 Å². The second-order valence-corrected chi connectivity index (χ2v) is 4.20. The molecule has 2 aromatic rings. The SMILES string of the molecule is NS(=O)(=O)Nc1ccc2nccnc2c1. The van der Waals surface area contributed by atoms with Gasteiger partial charge in [0, 0.05) is 12.4 Å². The molecule has 0 saturated heterocycles. The van der Waals surface area contributed by atoms with E-state index in [0.29, 0.717) is 16.7 Å². The number of anilines is 1. The van der Waals surface area contributed by atoms with Gasteiger partial charge < -0.3 is 0 Å². The molecular weight excluding hydrogens is 216 g/mol. The summed E-state index contributed by atoms with van der Waals surface area (Å²) in [7, 11) is -3.74. The van der Waals surface area contributed by atoms with Crippen molar-refractivity contribution in [3.63, 3.8) is 0 Å². The summed E-state index contributed by atoms with van der Waals surface area (Å²) in [6.07, 6.45) is 3.10. The molecule has 0 aliphatic rings. The molecule has 0 unspecified atom stereocenters. The second kappa shape index (κ2) is 3.44. The van der Waals surface area contributed by atoms with E-state index in [4.69, 9.17) is 5.14 Å². The normalized spacial score (nSPS) is 11.5. The Bertz CT molecular complexity index is 596. The highest BCUT2D eigenvalue weighted by molar-refractivity contribution is 7.90. The number of rotatable bonds is 2. The van der Waals surface area contributed by atoms with Crippen LogP contribution in [0.2, 0.25) is 0 Å². The van der Waals surface area contributed by atoms with Crippen molar-refractivity contribution in [1.29, 1.82) is 0 Å². The number of nitrogens with one attached hydrogen (secondary N) is 1. The zero-order chi connectivity index (χ0) is 10.9. The third kappa shape index (κ3) is 2.39. The Kier molecular flexibility index (Phi) is 2.25. The summed E-state index contributed by atoms with van der Waals surface area (Å²) < 4.78 is 23.7. The standard InChI is InChI=1S/C8H8N4O2S/c9-15(13,14)12-6-1-2-7-8(5-6)11-4-3-10-7/h1-5,12H,(H2,9,13,14). The van der Waals surface area contributed by atoms with Crippen LogP contribution in [-0.4, -0.2) is 18.4 Å². The van der Waals surface area contributed by atoms with Crippen LogP contribution < -0.4 is 9.86 Å². The van der Waals surface area contributed by atoms with Gasteiger partial charge in [-0.25, -0.2) is 5.14 Å². The molecule has 3 N–H and O–H groups in total. The minimum Gasteiger partial charge on any atom is -0.271 e. The van der Waals surface area contributed by atoms with Crippen LogP contribution in [0.3, 0.4) is 0 Å². The second-order valence-electron chi connectivity index (χ2n) is 2.91. The van der Waals surface area contributed by atoms with E-state index in [-0.39, 0.29) is 0 Å². The van der Waals surface area contributed by atoms with Gasteiger partial charge in [0.25, 0.3) is 10.2 Å². The first-order valence-corrected chi connectivity index (χ1v) is 5.60. The van der Waals surface area contributed by atoms with Gasteiger partial charge in [-0.15, -0.1) is 0 Å². The number of hydrogen-bond acceptors (Lipinski definition) is 4. The van der Waals surface area contributed by atoms with E-state index in [1.165, 1.54) is 6.20 Å². The number of fused-ring (bicyclic) bond motifs is 1. The van der Waals surface area contributed by atoms with Gasteiger partial charge in [0.2, 0.25) is 0 Å². The first-order chi connectivity index (χ1) is 7.04. The maximum absolute atomic E-state index is 10.8. The molecule has 2 rings (SSSR count). The molecule has 0 fully saturated rings. The van der Waals surface area contributed by atoms with Gasteiger partial charge in [-0.2, -0.15) is 8.42 Å². The molecule has 0 radical (unpaired) electrons. The van der Waals surface area contributed by atoms with Crippen molar-refractivity contribution in [3.8, 4) is 0 Å². The Hall–Kier alpha value is -1.73. The minimum atomic E-state index is -3.74. The van der Waals surface area contributed by atoms with Crippen LogP contribution in [-0.2, 0) is 10.2 Å². The smallest absolute Gasteiger partial charge is 0.271 e. The molecule has 1 heterocycles. The molecule has 0 atom stereocenters. The average Bonchev–Trinajstić information content (AvgIpc) is 2.15. The van der Waals surface area contributed by atoms with Gasteiger partial charge in [0.15, 0.2) is 0 Å². The van der Waals surface area contributed by atoms with Crippen molar-refractivity contribution < 1.29 is 8.42 Å². The quantitative estimate of drug-likeness (QED) is 0.763. The highest BCUT2D eigenvalue weighted by atomic mass is 32.2. The Morgan fingerprint density at radius 1 is 1.13 bits per heavy atom. The van der Waals surface area contributed by atoms with Crippen LogP contribution in [0, 0.1) is 0 Å². The summed E-state index contributed by atoms with van der Waals surface area (Å²) in [5, 5.41) is 4.84. The molecule has 7 heteroatoms. The van der Waals surface area contributed by atoms with Crippen molar-refractivity contribution in [1.82, 2.24) is 9.97 Å². The number of hydrogen-bond donors (Lipinski definition) is 2. The predicted molar refractivity (Wildman–Crippen MR) is 56.3 cm³/mol. The number of aromatic nitrogens is 2. The summed E-state index contributed by atoms with van der Waals surface area (Å²) >= 11 is 0. The Morgan fingerprint density at radius 3 is 2.47 bits per heavy atom. The lowest BCUT2D eigenvalue weighted by atomic mass is 10.3. The summed E-state index contributed by atoms with van der Waals surface area (Å²) in [5.41, 5.74) is 1.66. The van der Waals surface area contributed by atoms with Gasteiger partial charge in [-0.05, 0) is 18.2 Å². The van der Waals surface area contributed by atoms with Crippen LogP contribution in [0.1, 0.15) is 0 Å². The highest BCUT2D eigenvalue weighted by Gasteiger charge is 2.03. The lowest BCUT2D eigenvalue weighted by molar-refractivity contribution is 0.603. The third-order valence-electron chi connectivity index (χ3n) is 1.73. The zero-order valence-electron chi connectivity index (χ0n) is 7.58. The fraction of sp³-hybridized carbons (Fsp3) is 0. The lowest BCUT2D eigenvalue weighted by Crippen LogP contribution is -2.21. The Balaban J connectivity index is 2.48. The average molecular weight is 224 g/mol. The predicted octanol–water partition coefficient (Wildman–Crippen LogP) is 0.245. The Labute approximate surface area is 86.3 Å². The molecule has 1 aromatic heterocycles. The third-order valence-corrected chi connectivity index (χ3v) is 2.25. The van der Waals surface area contributed by atoms with Crippen LogP contribution in [0.25, 0.3) is 11.0 Å². The fourth-order valence-corrected chi connectivity index (χ4v) is 1.65. The van der Waals surface area contributed by atoms with Crippen LogP contribution in [0.4, 0.5) is 5.69 Å². The zero-order valence-corrected chi connectivity index (χ0v) is 8.40. The van der Waals surface area contributed by atoms with Gasteiger partial charge in [-0.1, -0.05) is 0 Å². The van der Waals surface area contributed by atoms with E-state index >= 15 is 0 Å². The van der Waals surface area contributed by atoms with Gasteiger partial charge in [0.1, 0.15) is 0 Å². The first kappa shape index (κ1) is 9.81. The van der Waals surface area contributed by atoms with Crippen molar-refractivity contribution >= 4 is 26.9 Å². The van der Waals surface area contributed by atoms with Crippen molar-refractivity contribution in [3.05, 3.63) is 30.6 Å². The molecule has 0 aliphatic carbocycles. The van der Waals surface area contributed by atoms with E-state index in [1.54, 1.807) is 24.4 Å². The first-order valence-electron chi connectivity index (χ1n) is 4.06. The molecule has 1 aromatic carbocycles. The summed E-state index contributed by atoms with van der Waals surface area (Å²) in [6, 6.07) is 4.80. The molecule has 0 bridgehead atoms. The van der Waals surface area contributed by atoms with E-state index in [0.717, 1.165) is 0 Å². The minimum absolute atomic E-state index is 0.366. The highest BCUT2D eigenvalue weighted by Crippen LogP contribution is 2.15. The Morgan fingerprint density at radius 2 is 1.80 bits per heavy atom.